The van der Waals surface area contributed by atoms with Gasteiger partial charge in [-0.25, -0.2) is 0 Å². The van der Waals surface area contributed by atoms with Gasteiger partial charge in [-0.3, -0.25) is 9.98 Å². The number of aromatic hydroxyl groups is 2. The van der Waals surface area contributed by atoms with E-state index >= 15 is 0 Å². The van der Waals surface area contributed by atoms with Gasteiger partial charge in [0.15, 0.2) is 0 Å². The van der Waals surface area contributed by atoms with Crippen LogP contribution < -0.4 is 5.11 Å². The molecule has 3 rings (SSSR count). The number of aliphatic imine (C=N–C) groups is 2. The molecule has 2 aromatic rings. The number of carbonyl (C=O) groups is 1. The number of carboxylic acid groups (broad SMARTS) is 1. The van der Waals surface area contributed by atoms with Crippen molar-refractivity contribution in [3.05, 3.63) is 59.7 Å². The van der Waals surface area contributed by atoms with Crippen LogP contribution in [0.15, 0.2) is 58.5 Å². The molecular formula is C22H25MnN2O4-. The summed E-state index contributed by atoms with van der Waals surface area (Å²) in [6.45, 7) is 0.972. The summed E-state index contributed by atoms with van der Waals surface area (Å²) in [5.41, 5.74) is 1.46. The zero-order valence-electron chi connectivity index (χ0n) is 16.2. The first-order valence-electron chi connectivity index (χ1n) is 9.27. The van der Waals surface area contributed by atoms with Crippen LogP contribution in [0.25, 0.3) is 0 Å². The zero-order chi connectivity index (χ0) is 20.4. The molecule has 1 fully saturated rings. The summed E-state index contributed by atoms with van der Waals surface area (Å²) in [5.74, 6) is -0.599. The minimum atomic E-state index is -1.08. The van der Waals surface area contributed by atoms with Crippen LogP contribution in [-0.4, -0.2) is 40.7 Å². The average molecular weight is 436 g/mol. The maximum atomic E-state index is 9.84. The van der Waals surface area contributed by atoms with Crippen LogP contribution in [-0.2, 0) is 21.9 Å². The molecule has 0 aromatic heterocycles. The summed E-state index contributed by atoms with van der Waals surface area (Å²) in [7, 11) is 0. The van der Waals surface area contributed by atoms with Crippen molar-refractivity contribution in [1.29, 1.82) is 0 Å². The van der Waals surface area contributed by atoms with Gasteiger partial charge in [-0.2, -0.15) is 0 Å². The van der Waals surface area contributed by atoms with E-state index in [1.54, 1.807) is 36.7 Å². The van der Waals surface area contributed by atoms with Crippen molar-refractivity contribution >= 4 is 18.4 Å². The summed E-state index contributed by atoms with van der Waals surface area (Å²) in [5, 5.41) is 28.6. The predicted octanol–water partition coefficient (Wildman–Crippen LogP) is 2.70. The van der Waals surface area contributed by atoms with E-state index in [9.17, 15) is 10.2 Å². The van der Waals surface area contributed by atoms with Crippen molar-refractivity contribution in [3.63, 3.8) is 0 Å². The topological polar surface area (TPSA) is 105 Å². The number of hydrogen-bond donors (Lipinski definition) is 2. The number of rotatable bonds is 4. The van der Waals surface area contributed by atoms with Gasteiger partial charge in [0.1, 0.15) is 11.5 Å². The normalized spacial score (nSPS) is 18.7. The van der Waals surface area contributed by atoms with Gasteiger partial charge in [-0.15, -0.1) is 0 Å². The van der Waals surface area contributed by atoms with Crippen molar-refractivity contribution in [2.24, 2.45) is 9.98 Å². The molecule has 0 saturated heterocycles. The SMILES string of the molecule is CC(=O)[O-].Oc1ccccc1C=NC1CCCCC1N=Cc1ccccc1O.[Mn]. The molecule has 0 heterocycles. The van der Waals surface area contributed by atoms with Crippen LogP contribution in [0.2, 0.25) is 0 Å². The number of benzene rings is 2. The number of aliphatic carboxylic acids is 1. The minimum Gasteiger partial charge on any atom is -0.550 e. The van der Waals surface area contributed by atoms with E-state index in [0.717, 1.165) is 43.7 Å². The molecule has 6 nitrogen and oxygen atoms in total. The first-order valence-corrected chi connectivity index (χ1v) is 9.27. The largest absolute Gasteiger partial charge is 0.550 e. The number of hydrogen-bond acceptors (Lipinski definition) is 6. The molecule has 1 radical (unpaired) electrons. The number of phenols is 2. The second-order valence-corrected chi connectivity index (χ2v) is 6.58. The molecule has 1 aliphatic rings. The summed E-state index contributed by atoms with van der Waals surface area (Å²) >= 11 is 0. The minimum absolute atomic E-state index is 0. The quantitative estimate of drug-likeness (QED) is 0.568. The monoisotopic (exact) mass is 436 g/mol. The Balaban J connectivity index is 0.000000771. The number of para-hydroxylation sites is 2. The smallest absolute Gasteiger partial charge is 0.124 e. The molecule has 7 heteroatoms. The molecule has 0 amide bonds. The second-order valence-electron chi connectivity index (χ2n) is 6.58. The van der Waals surface area contributed by atoms with Crippen LogP contribution in [0.1, 0.15) is 43.7 Å². The van der Waals surface area contributed by atoms with Crippen molar-refractivity contribution in [2.75, 3.05) is 0 Å². The van der Waals surface area contributed by atoms with Crippen LogP contribution in [0.5, 0.6) is 11.5 Å². The van der Waals surface area contributed by atoms with E-state index in [1.807, 2.05) is 24.3 Å². The number of carboxylic acids is 1. The number of nitrogens with zero attached hydrogens (tertiary/aromatic N) is 2. The molecule has 1 aliphatic carbocycles. The molecule has 0 aliphatic heterocycles. The fraction of sp³-hybridized carbons (Fsp3) is 0.318. The molecule has 2 N–H and O–H groups in total. The number of carbonyl (C=O) groups excluding carboxylic acids is 1. The Morgan fingerprint density at radius 1 is 0.897 bits per heavy atom. The molecule has 2 atom stereocenters. The van der Waals surface area contributed by atoms with E-state index in [-0.39, 0.29) is 40.7 Å². The van der Waals surface area contributed by atoms with Crippen molar-refractivity contribution in [3.8, 4) is 11.5 Å². The maximum Gasteiger partial charge on any atom is 0.124 e. The van der Waals surface area contributed by atoms with E-state index < -0.39 is 5.97 Å². The van der Waals surface area contributed by atoms with E-state index in [4.69, 9.17) is 9.90 Å². The van der Waals surface area contributed by atoms with Gasteiger partial charge in [-0.1, -0.05) is 37.1 Å². The van der Waals surface area contributed by atoms with Gasteiger partial charge in [0.05, 0.1) is 12.1 Å². The summed E-state index contributed by atoms with van der Waals surface area (Å²) in [6.07, 6.45) is 7.76. The third-order valence-electron chi connectivity index (χ3n) is 4.38. The fourth-order valence-electron chi connectivity index (χ4n) is 2.98. The van der Waals surface area contributed by atoms with Crippen LogP contribution >= 0.6 is 0 Å². The fourth-order valence-corrected chi connectivity index (χ4v) is 2.98. The van der Waals surface area contributed by atoms with Crippen molar-refractivity contribution < 1.29 is 37.2 Å². The van der Waals surface area contributed by atoms with E-state index in [0.29, 0.717) is 0 Å². The van der Waals surface area contributed by atoms with E-state index in [1.165, 1.54) is 0 Å². The Bertz CT molecular complexity index is 772. The first-order chi connectivity index (χ1) is 13.5. The Hall–Kier alpha value is -2.63. The summed E-state index contributed by atoms with van der Waals surface area (Å²) in [4.78, 5) is 18.2. The molecular weight excluding hydrogens is 411 g/mol. The van der Waals surface area contributed by atoms with Crippen LogP contribution in [0.3, 0.4) is 0 Å². The average Bonchev–Trinajstić information content (AvgIpc) is 2.67. The molecule has 2 aromatic carbocycles. The molecule has 29 heavy (non-hydrogen) atoms. The Kier molecular flexibility index (Phi) is 10.7. The molecule has 0 spiro atoms. The summed E-state index contributed by atoms with van der Waals surface area (Å²) in [6, 6.07) is 14.6. The van der Waals surface area contributed by atoms with Gasteiger partial charge in [0.2, 0.25) is 0 Å². The summed E-state index contributed by atoms with van der Waals surface area (Å²) < 4.78 is 0. The van der Waals surface area contributed by atoms with Crippen LogP contribution in [0.4, 0.5) is 0 Å². The maximum absolute atomic E-state index is 9.84. The number of phenolic OH excluding ortho intramolecular Hbond substituents is 2. The van der Waals surface area contributed by atoms with Crippen LogP contribution in [0, 0.1) is 0 Å². The van der Waals surface area contributed by atoms with Gasteiger partial charge in [0.25, 0.3) is 0 Å². The zero-order valence-corrected chi connectivity index (χ0v) is 17.4. The molecule has 2 unspecified atom stereocenters. The van der Waals surface area contributed by atoms with Gasteiger partial charge < -0.3 is 20.1 Å². The third-order valence-corrected chi connectivity index (χ3v) is 4.38. The Morgan fingerprint density at radius 2 is 1.24 bits per heavy atom. The van der Waals surface area contributed by atoms with Crippen molar-refractivity contribution in [2.45, 2.75) is 44.7 Å². The molecule has 0 bridgehead atoms. The van der Waals surface area contributed by atoms with Gasteiger partial charge in [0, 0.05) is 46.6 Å². The predicted molar refractivity (Wildman–Crippen MR) is 108 cm³/mol. The third kappa shape index (κ3) is 8.50. The Morgan fingerprint density at radius 3 is 1.59 bits per heavy atom. The van der Waals surface area contributed by atoms with E-state index in [2.05, 4.69) is 9.98 Å². The van der Waals surface area contributed by atoms with Crippen molar-refractivity contribution in [1.82, 2.24) is 0 Å². The van der Waals surface area contributed by atoms with Gasteiger partial charge >= 0.3 is 0 Å². The Labute approximate surface area is 181 Å². The molecule has 155 valence electrons. The first kappa shape index (κ1) is 24.4. The second kappa shape index (κ2) is 12.8. The van der Waals surface area contributed by atoms with Gasteiger partial charge in [-0.05, 0) is 44.0 Å². The molecule has 1 saturated carbocycles. The standard InChI is InChI=1S/C20H22N2O2.C2H4O2.Mn/c23-19-11-5-1-7-15(19)13-21-17-9-3-4-10-18(17)22-14-16-8-2-6-12-20(16)24;1-2(3)4;/h1-2,5-8,11-14,17-18,23-24H,3-4,9-10H2;1H3,(H,3,4);/p-1.